The van der Waals surface area contributed by atoms with Crippen molar-refractivity contribution in [2.45, 2.75) is 52.5 Å². The van der Waals surface area contributed by atoms with Gasteiger partial charge in [0.05, 0.1) is 6.04 Å². The Kier molecular flexibility index (Phi) is 6.16. The lowest BCUT2D eigenvalue weighted by atomic mass is 9.85. The third kappa shape index (κ3) is 3.79. The number of aromatic nitrogens is 1. The van der Waals surface area contributed by atoms with E-state index in [1.807, 2.05) is 12.4 Å². The van der Waals surface area contributed by atoms with Crippen LogP contribution in [0.3, 0.4) is 0 Å². The van der Waals surface area contributed by atoms with Gasteiger partial charge in [-0.2, -0.15) is 0 Å². The molecule has 0 saturated carbocycles. The highest BCUT2D eigenvalue weighted by atomic mass is 15.2. The van der Waals surface area contributed by atoms with Crippen LogP contribution in [0, 0.1) is 12.8 Å². The van der Waals surface area contributed by atoms with Gasteiger partial charge in [-0.05, 0) is 42.9 Å². The summed E-state index contributed by atoms with van der Waals surface area (Å²) in [5.74, 6) is 6.35. The topological polar surface area (TPSA) is 50.9 Å². The van der Waals surface area contributed by atoms with Gasteiger partial charge in [-0.1, -0.05) is 26.7 Å². The van der Waals surface area contributed by atoms with E-state index < -0.39 is 0 Å². The molecule has 0 aliphatic carbocycles. The second-order valence-electron chi connectivity index (χ2n) is 4.71. The van der Waals surface area contributed by atoms with Gasteiger partial charge >= 0.3 is 0 Å². The Morgan fingerprint density at radius 1 is 1.29 bits per heavy atom. The molecule has 0 spiro atoms. The molecule has 1 aromatic rings. The molecule has 1 aromatic heterocycles. The van der Waals surface area contributed by atoms with E-state index in [0.29, 0.717) is 5.92 Å². The minimum atomic E-state index is 0.226. The Morgan fingerprint density at radius 3 is 2.41 bits per heavy atom. The van der Waals surface area contributed by atoms with Crippen LogP contribution in [0.2, 0.25) is 0 Å². The Bertz CT molecular complexity index is 319. The Morgan fingerprint density at radius 2 is 1.94 bits per heavy atom. The quantitative estimate of drug-likeness (QED) is 0.564. The van der Waals surface area contributed by atoms with E-state index in [9.17, 15) is 0 Å². The molecule has 1 unspecified atom stereocenters. The molecule has 3 nitrogen and oxygen atoms in total. The monoisotopic (exact) mass is 235 g/mol. The van der Waals surface area contributed by atoms with Gasteiger partial charge in [-0.25, -0.2) is 0 Å². The predicted molar refractivity (Wildman–Crippen MR) is 72.3 cm³/mol. The molecule has 17 heavy (non-hydrogen) atoms. The summed E-state index contributed by atoms with van der Waals surface area (Å²) in [7, 11) is 0. The summed E-state index contributed by atoms with van der Waals surface area (Å²) in [6, 6.07) is 2.28. The van der Waals surface area contributed by atoms with Crippen LogP contribution in [-0.2, 0) is 0 Å². The SMILES string of the molecule is CCCC(CCC)C(NN)c1cnccc1C. The molecule has 0 aliphatic rings. The molecule has 1 rings (SSSR count). The highest BCUT2D eigenvalue weighted by Gasteiger charge is 2.22. The first-order valence-corrected chi connectivity index (χ1v) is 6.61. The Hall–Kier alpha value is -0.930. The van der Waals surface area contributed by atoms with Gasteiger partial charge in [0.15, 0.2) is 0 Å². The minimum absolute atomic E-state index is 0.226. The van der Waals surface area contributed by atoms with E-state index in [0.717, 1.165) is 0 Å². The summed E-state index contributed by atoms with van der Waals surface area (Å²) in [5.41, 5.74) is 5.49. The molecule has 0 aliphatic heterocycles. The molecule has 0 bridgehead atoms. The standard InChI is InChI=1S/C14H25N3/c1-4-6-12(7-5-2)14(17-15)13-10-16-9-8-11(13)3/h8-10,12,14,17H,4-7,15H2,1-3H3. The van der Waals surface area contributed by atoms with Crippen LogP contribution in [0.5, 0.6) is 0 Å². The van der Waals surface area contributed by atoms with Crippen LogP contribution >= 0.6 is 0 Å². The van der Waals surface area contributed by atoms with Crippen LogP contribution in [-0.4, -0.2) is 4.98 Å². The summed E-state index contributed by atoms with van der Waals surface area (Å²) < 4.78 is 0. The van der Waals surface area contributed by atoms with Crippen molar-refractivity contribution in [3.8, 4) is 0 Å². The van der Waals surface area contributed by atoms with E-state index in [1.54, 1.807) is 0 Å². The van der Waals surface area contributed by atoms with Crippen LogP contribution in [0.1, 0.15) is 56.7 Å². The zero-order chi connectivity index (χ0) is 12.7. The first-order chi connectivity index (χ1) is 8.24. The van der Waals surface area contributed by atoms with Crippen LogP contribution in [0.4, 0.5) is 0 Å². The molecule has 1 atom stereocenters. The third-order valence-electron chi connectivity index (χ3n) is 3.38. The molecule has 0 saturated heterocycles. The van der Waals surface area contributed by atoms with Crippen molar-refractivity contribution in [1.29, 1.82) is 0 Å². The number of nitrogens with zero attached hydrogens (tertiary/aromatic N) is 1. The predicted octanol–water partition coefficient (Wildman–Crippen LogP) is 3.11. The highest BCUT2D eigenvalue weighted by Crippen LogP contribution is 2.30. The lowest BCUT2D eigenvalue weighted by Gasteiger charge is -2.27. The minimum Gasteiger partial charge on any atom is -0.271 e. The first kappa shape index (κ1) is 14.1. The zero-order valence-electron chi connectivity index (χ0n) is 11.2. The second-order valence-corrected chi connectivity index (χ2v) is 4.71. The Balaban J connectivity index is 2.91. The molecule has 0 radical (unpaired) electrons. The number of hydrogen-bond donors (Lipinski definition) is 2. The van der Waals surface area contributed by atoms with Gasteiger partial charge in [0.2, 0.25) is 0 Å². The second kappa shape index (κ2) is 7.41. The molecular weight excluding hydrogens is 210 g/mol. The lowest BCUT2D eigenvalue weighted by molar-refractivity contribution is 0.318. The van der Waals surface area contributed by atoms with Gasteiger partial charge in [0.25, 0.3) is 0 Å². The molecule has 0 amide bonds. The van der Waals surface area contributed by atoms with Crippen molar-refractivity contribution in [3.63, 3.8) is 0 Å². The first-order valence-electron chi connectivity index (χ1n) is 6.61. The Labute approximate surface area is 105 Å². The van der Waals surface area contributed by atoms with E-state index in [4.69, 9.17) is 5.84 Å². The number of nitrogens with two attached hydrogens (primary N) is 1. The van der Waals surface area contributed by atoms with Crippen molar-refractivity contribution in [1.82, 2.24) is 10.4 Å². The number of nitrogens with one attached hydrogen (secondary N) is 1. The van der Waals surface area contributed by atoms with Gasteiger partial charge in [-0.15, -0.1) is 0 Å². The van der Waals surface area contributed by atoms with Crippen molar-refractivity contribution in [3.05, 3.63) is 29.6 Å². The normalized spacial score (nSPS) is 13.0. The molecule has 0 aromatic carbocycles. The number of rotatable bonds is 7. The smallest absolute Gasteiger partial charge is 0.0506 e. The van der Waals surface area contributed by atoms with E-state index in [-0.39, 0.29) is 6.04 Å². The van der Waals surface area contributed by atoms with Crippen molar-refractivity contribution >= 4 is 0 Å². The largest absolute Gasteiger partial charge is 0.271 e. The average Bonchev–Trinajstić information content (AvgIpc) is 2.33. The third-order valence-corrected chi connectivity index (χ3v) is 3.38. The lowest BCUT2D eigenvalue weighted by Crippen LogP contribution is -2.34. The molecule has 3 N–H and O–H groups in total. The summed E-state index contributed by atoms with van der Waals surface area (Å²) in [4.78, 5) is 4.22. The molecular formula is C14H25N3. The van der Waals surface area contributed by atoms with Gasteiger partial charge < -0.3 is 0 Å². The fraction of sp³-hybridized carbons (Fsp3) is 0.643. The average molecular weight is 235 g/mol. The number of hydrogen-bond acceptors (Lipinski definition) is 3. The van der Waals surface area contributed by atoms with Crippen LogP contribution in [0.25, 0.3) is 0 Å². The van der Waals surface area contributed by atoms with Crippen molar-refractivity contribution < 1.29 is 0 Å². The fourth-order valence-corrected chi connectivity index (χ4v) is 2.50. The summed E-state index contributed by atoms with van der Waals surface area (Å²) in [5, 5.41) is 0. The summed E-state index contributed by atoms with van der Waals surface area (Å²) in [6.07, 6.45) is 8.58. The number of pyridine rings is 1. The molecule has 96 valence electrons. The zero-order valence-corrected chi connectivity index (χ0v) is 11.2. The number of hydrazine groups is 1. The fourth-order valence-electron chi connectivity index (χ4n) is 2.50. The highest BCUT2D eigenvalue weighted by molar-refractivity contribution is 5.25. The molecule has 1 heterocycles. The summed E-state index contributed by atoms with van der Waals surface area (Å²) >= 11 is 0. The summed E-state index contributed by atoms with van der Waals surface area (Å²) in [6.45, 7) is 6.58. The maximum Gasteiger partial charge on any atom is 0.0506 e. The van der Waals surface area contributed by atoms with E-state index in [2.05, 4.69) is 37.2 Å². The van der Waals surface area contributed by atoms with E-state index >= 15 is 0 Å². The van der Waals surface area contributed by atoms with Gasteiger partial charge in [-0.3, -0.25) is 16.3 Å². The van der Waals surface area contributed by atoms with Gasteiger partial charge in [0.1, 0.15) is 0 Å². The van der Waals surface area contributed by atoms with Crippen LogP contribution < -0.4 is 11.3 Å². The molecule has 0 fully saturated rings. The van der Waals surface area contributed by atoms with Gasteiger partial charge in [0, 0.05) is 12.4 Å². The number of aryl methyl sites for hydroxylation is 1. The maximum absolute atomic E-state index is 5.76. The molecule has 3 heteroatoms. The van der Waals surface area contributed by atoms with Crippen molar-refractivity contribution in [2.24, 2.45) is 11.8 Å². The van der Waals surface area contributed by atoms with Crippen molar-refractivity contribution in [2.75, 3.05) is 0 Å². The maximum atomic E-state index is 5.76. The van der Waals surface area contributed by atoms with E-state index in [1.165, 1.54) is 36.8 Å². The van der Waals surface area contributed by atoms with Crippen LogP contribution in [0.15, 0.2) is 18.5 Å².